The maximum absolute atomic E-state index is 11.3. The fourth-order valence-electron chi connectivity index (χ4n) is 0.942. The molecule has 1 aliphatic rings. The highest BCUT2D eigenvalue weighted by Gasteiger charge is 2.28. The Morgan fingerprint density at radius 1 is 1.43 bits per heavy atom. The van der Waals surface area contributed by atoms with Crippen LogP contribution in [0.4, 0.5) is 4.79 Å². The Morgan fingerprint density at radius 3 is 2.36 bits per heavy atom. The molecule has 3 amide bonds. The van der Waals surface area contributed by atoms with E-state index in [2.05, 4.69) is 5.32 Å². The van der Waals surface area contributed by atoms with Crippen LogP contribution < -0.4 is 5.32 Å². The molecule has 0 aromatic carbocycles. The Bertz CT molecular complexity index is 273. The molecule has 0 atom stereocenters. The summed E-state index contributed by atoms with van der Waals surface area (Å²) < 4.78 is 0. The number of carboxylic acids is 1. The summed E-state index contributed by atoms with van der Waals surface area (Å²) in [7, 11) is 0. The van der Waals surface area contributed by atoms with Crippen LogP contribution in [0.1, 0.15) is 19.8 Å². The van der Waals surface area contributed by atoms with E-state index in [1.54, 1.807) is 0 Å². The molecule has 0 unspecified atom stereocenters. The van der Waals surface area contributed by atoms with Crippen molar-refractivity contribution in [2.24, 2.45) is 0 Å². The number of aliphatic carboxylic acids is 1. The molecule has 6 nitrogen and oxygen atoms in total. The summed E-state index contributed by atoms with van der Waals surface area (Å²) in [6.45, 7) is 0.573. The average molecular weight is 200 g/mol. The van der Waals surface area contributed by atoms with Gasteiger partial charge in [0.05, 0.1) is 0 Å². The van der Waals surface area contributed by atoms with Gasteiger partial charge in [-0.3, -0.25) is 14.5 Å². The van der Waals surface area contributed by atoms with Crippen LogP contribution in [0.3, 0.4) is 0 Å². The van der Waals surface area contributed by atoms with Gasteiger partial charge in [-0.05, 0) is 12.8 Å². The van der Waals surface area contributed by atoms with Gasteiger partial charge in [-0.25, -0.2) is 4.79 Å². The molecule has 0 saturated heterocycles. The minimum atomic E-state index is -1.20. The number of carbonyl (C=O) groups is 3. The fourth-order valence-corrected chi connectivity index (χ4v) is 0.942. The number of amides is 3. The van der Waals surface area contributed by atoms with Crippen LogP contribution in [0.5, 0.6) is 0 Å². The number of nitrogens with zero attached hydrogens (tertiary/aromatic N) is 1. The van der Waals surface area contributed by atoms with E-state index < -0.39 is 24.5 Å². The third-order valence-corrected chi connectivity index (χ3v) is 1.82. The lowest BCUT2D eigenvalue weighted by Gasteiger charge is -2.16. The highest BCUT2D eigenvalue weighted by atomic mass is 16.4. The first-order chi connectivity index (χ1) is 6.50. The zero-order valence-electron chi connectivity index (χ0n) is 7.82. The summed E-state index contributed by atoms with van der Waals surface area (Å²) in [5.74, 6) is -1.77. The number of urea groups is 1. The highest BCUT2D eigenvalue weighted by Crippen LogP contribution is 2.18. The van der Waals surface area contributed by atoms with Crippen LogP contribution >= 0.6 is 0 Å². The Labute approximate surface area is 80.9 Å². The van der Waals surface area contributed by atoms with Crippen molar-refractivity contribution in [2.75, 3.05) is 6.54 Å². The molecule has 0 aliphatic heterocycles. The van der Waals surface area contributed by atoms with E-state index in [9.17, 15) is 14.4 Å². The molecule has 2 N–H and O–H groups in total. The summed E-state index contributed by atoms with van der Waals surface area (Å²) in [4.78, 5) is 33.3. The van der Waals surface area contributed by atoms with Gasteiger partial charge in [-0.15, -0.1) is 0 Å². The van der Waals surface area contributed by atoms with Gasteiger partial charge in [0.15, 0.2) is 0 Å². The third-order valence-electron chi connectivity index (χ3n) is 1.82. The standard InChI is InChI=1S/C8H12N2O4/c1-5(11)10(4-7(12)13)8(14)9-6-2-3-6/h6H,2-4H2,1H3,(H,9,14)(H,12,13). The predicted molar refractivity (Wildman–Crippen MR) is 46.6 cm³/mol. The number of nitrogens with one attached hydrogen (secondary N) is 1. The molecule has 0 aromatic heterocycles. The maximum Gasteiger partial charge on any atom is 0.324 e. The van der Waals surface area contributed by atoms with Crippen molar-refractivity contribution in [1.29, 1.82) is 0 Å². The molecule has 1 aliphatic carbocycles. The molecule has 1 saturated carbocycles. The topological polar surface area (TPSA) is 86.7 Å². The van der Waals surface area contributed by atoms with E-state index in [1.165, 1.54) is 0 Å². The Kier molecular flexibility index (Phi) is 3.06. The quantitative estimate of drug-likeness (QED) is 0.660. The van der Waals surface area contributed by atoms with Crippen molar-refractivity contribution in [1.82, 2.24) is 10.2 Å². The Hall–Kier alpha value is -1.59. The van der Waals surface area contributed by atoms with Crippen LogP contribution in [-0.2, 0) is 9.59 Å². The van der Waals surface area contributed by atoms with Crippen molar-refractivity contribution in [3.63, 3.8) is 0 Å². The van der Waals surface area contributed by atoms with Gasteiger partial charge in [0, 0.05) is 13.0 Å². The first kappa shape index (κ1) is 10.5. The van der Waals surface area contributed by atoms with Crippen LogP contribution in [0.2, 0.25) is 0 Å². The molecule has 78 valence electrons. The third kappa shape index (κ3) is 3.04. The van der Waals surface area contributed by atoms with Crippen molar-refractivity contribution < 1.29 is 19.5 Å². The van der Waals surface area contributed by atoms with Crippen molar-refractivity contribution in [2.45, 2.75) is 25.8 Å². The van der Waals surface area contributed by atoms with E-state index in [1.807, 2.05) is 0 Å². The van der Waals surface area contributed by atoms with E-state index in [0.717, 1.165) is 19.8 Å². The van der Waals surface area contributed by atoms with Gasteiger partial charge in [-0.2, -0.15) is 0 Å². The second-order valence-electron chi connectivity index (χ2n) is 3.22. The number of imide groups is 1. The lowest BCUT2D eigenvalue weighted by molar-refractivity contribution is -0.141. The molecule has 0 heterocycles. The molecule has 0 radical (unpaired) electrons. The van der Waals surface area contributed by atoms with Crippen LogP contribution in [0.25, 0.3) is 0 Å². The summed E-state index contributed by atoms with van der Waals surface area (Å²) in [6.07, 6.45) is 1.79. The smallest absolute Gasteiger partial charge is 0.324 e. The van der Waals surface area contributed by atoms with E-state index in [-0.39, 0.29) is 6.04 Å². The van der Waals surface area contributed by atoms with Gasteiger partial charge < -0.3 is 10.4 Å². The summed E-state index contributed by atoms with van der Waals surface area (Å²) in [6, 6.07) is -0.513. The second kappa shape index (κ2) is 4.08. The molecular formula is C8H12N2O4. The van der Waals surface area contributed by atoms with Crippen molar-refractivity contribution in [3.05, 3.63) is 0 Å². The summed E-state index contributed by atoms with van der Waals surface area (Å²) >= 11 is 0. The van der Waals surface area contributed by atoms with Gasteiger partial charge in [0.2, 0.25) is 5.91 Å². The van der Waals surface area contributed by atoms with Crippen LogP contribution in [-0.4, -0.2) is 40.5 Å². The predicted octanol–water partition coefficient (Wildman–Crippen LogP) is -0.208. The Balaban J connectivity index is 2.51. The second-order valence-corrected chi connectivity index (χ2v) is 3.22. The van der Waals surface area contributed by atoms with Crippen molar-refractivity contribution in [3.8, 4) is 0 Å². The molecule has 1 rings (SSSR count). The van der Waals surface area contributed by atoms with E-state index in [0.29, 0.717) is 4.90 Å². The average Bonchev–Trinajstić information content (AvgIpc) is 2.82. The number of carboxylic acid groups (broad SMARTS) is 1. The van der Waals surface area contributed by atoms with Crippen LogP contribution in [0, 0.1) is 0 Å². The Morgan fingerprint density at radius 2 is 2.00 bits per heavy atom. The van der Waals surface area contributed by atoms with Gasteiger partial charge in [0.25, 0.3) is 0 Å². The molecule has 0 spiro atoms. The SMILES string of the molecule is CC(=O)N(CC(=O)O)C(=O)NC1CC1. The van der Waals surface area contributed by atoms with E-state index in [4.69, 9.17) is 5.11 Å². The molecule has 6 heteroatoms. The molecule has 0 bridgehead atoms. The monoisotopic (exact) mass is 200 g/mol. The largest absolute Gasteiger partial charge is 0.480 e. The van der Waals surface area contributed by atoms with Gasteiger partial charge >= 0.3 is 12.0 Å². The van der Waals surface area contributed by atoms with E-state index >= 15 is 0 Å². The number of hydrogen-bond donors (Lipinski definition) is 2. The maximum atomic E-state index is 11.3. The van der Waals surface area contributed by atoms with Crippen LogP contribution in [0.15, 0.2) is 0 Å². The van der Waals surface area contributed by atoms with Crippen molar-refractivity contribution >= 4 is 17.9 Å². The highest BCUT2D eigenvalue weighted by molar-refractivity contribution is 5.96. The first-order valence-corrected chi connectivity index (χ1v) is 4.31. The minimum Gasteiger partial charge on any atom is -0.480 e. The fraction of sp³-hybridized carbons (Fsp3) is 0.625. The number of hydrogen-bond acceptors (Lipinski definition) is 3. The zero-order chi connectivity index (χ0) is 10.7. The lowest BCUT2D eigenvalue weighted by atomic mass is 10.5. The number of rotatable bonds is 3. The summed E-state index contributed by atoms with van der Waals surface area (Å²) in [5, 5.41) is 11.0. The molecule has 1 fully saturated rings. The molecule has 0 aromatic rings. The molecule has 14 heavy (non-hydrogen) atoms. The normalized spacial score (nSPS) is 14.6. The van der Waals surface area contributed by atoms with Gasteiger partial charge in [0.1, 0.15) is 6.54 Å². The lowest BCUT2D eigenvalue weighted by Crippen LogP contribution is -2.46. The van der Waals surface area contributed by atoms with Gasteiger partial charge in [-0.1, -0.05) is 0 Å². The molecular weight excluding hydrogens is 188 g/mol. The summed E-state index contributed by atoms with van der Waals surface area (Å²) in [5.41, 5.74) is 0. The number of carbonyl (C=O) groups excluding carboxylic acids is 2. The minimum absolute atomic E-state index is 0.109. The first-order valence-electron chi connectivity index (χ1n) is 4.31. The zero-order valence-corrected chi connectivity index (χ0v) is 7.82.